The Bertz CT molecular complexity index is 780. The van der Waals surface area contributed by atoms with Crippen molar-refractivity contribution >= 4 is 29.2 Å². The Hall–Kier alpha value is -2.73. The van der Waals surface area contributed by atoms with E-state index in [-0.39, 0.29) is 6.61 Å². The van der Waals surface area contributed by atoms with Gasteiger partial charge in [-0.2, -0.15) is 0 Å². The molecule has 1 atom stereocenters. The molecule has 0 saturated carbocycles. The van der Waals surface area contributed by atoms with E-state index in [0.29, 0.717) is 28.8 Å². The number of para-hydroxylation sites is 3. The highest BCUT2D eigenvalue weighted by Gasteiger charge is 2.19. The SMILES string of the molecule is CCCOc1ccccc1OCC(=O)O[C@H](C)C(=O)Nc1ccccc1Cl. The highest BCUT2D eigenvalue weighted by atomic mass is 35.5. The number of ether oxygens (including phenoxy) is 3. The Morgan fingerprint density at radius 2 is 1.67 bits per heavy atom. The predicted octanol–water partition coefficient (Wildman–Crippen LogP) is 4.08. The fraction of sp³-hybridized carbons (Fsp3) is 0.300. The maximum atomic E-state index is 12.1. The quantitative estimate of drug-likeness (QED) is 0.652. The summed E-state index contributed by atoms with van der Waals surface area (Å²) in [6, 6.07) is 13.9. The Morgan fingerprint density at radius 1 is 1.04 bits per heavy atom. The number of nitrogens with one attached hydrogen (secondary N) is 1. The molecule has 0 heterocycles. The van der Waals surface area contributed by atoms with Gasteiger partial charge < -0.3 is 19.5 Å². The molecule has 0 radical (unpaired) electrons. The van der Waals surface area contributed by atoms with Crippen LogP contribution in [0, 0.1) is 0 Å². The second-order valence-corrected chi connectivity index (χ2v) is 6.09. The Kier molecular flexibility index (Phi) is 7.95. The zero-order chi connectivity index (χ0) is 19.6. The average molecular weight is 392 g/mol. The van der Waals surface area contributed by atoms with E-state index in [4.69, 9.17) is 25.8 Å². The van der Waals surface area contributed by atoms with Crippen molar-refractivity contribution in [2.24, 2.45) is 0 Å². The summed E-state index contributed by atoms with van der Waals surface area (Å²) in [5, 5.41) is 3.01. The molecule has 7 heteroatoms. The van der Waals surface area contributed by atoms with Crippen LogP contribution in [-0.2, 0) is 14.3 Å². The highest BCUT2D eigenvalue weighted by Crippen LogP contribution is 2.26. The largest absolute Gasteiger partial charge is 0.490 e. The van der Waals surface area contributed by atoms with Gasteiger partial charge in [-0.05, 0) is 37.6 Å². The van der Waals surface area contributed by atoms with Gasteiger partial charge in [-0.25, -0.2) is 4.79 Å². The average Bonchev–Trinajstić information content (AvgIpc) is 2.67. The minimum absolute atomic E-state index is 0.337. The van der Waals surface area contributed by atoms with Crippen LogP contribution in [0.1, 0.15) is 20.3 Å². The monoisotopic (exact) mass is 391 g/mol. The molecule has 27 heavy (non-hydrogen) atoms. The summed E-state index contributed by atoms with van der Waals surface area (Å²) in [7, 11) is 0. The first kappa shape index (κ1) is 20.6. The zero-order valence-electron chi connectivity index (χ0n) is 15.2. The zero-order valence-corrected chi connectivity index (χ0v) is 16.0. The van der Waals surface area contributed by atoms with Gasteiger partial charge in [-0.1, -0.05) is 42.8 Å². The lowest BCUT2D eigenvalue weighted by Crippen LogP contribution is -2.31. The number of rotatable bonds is 9. The maximum absolute atomic E-state index is 12.1. The van der Waals surface area contributed by atoms with E-state index in [1.807, 2.05) is 13.0 Å². The normalized spacial score (nSPS) is 11.4. The fourth-order valence-corrected chi connectivity index (χ4v) is 2.30. The van der Waals surface area contributed by atoms with E-state index in [1.54, 1.807) is 42.5 Å². The molecule has 144 valence electrons. The molecule has 0 fully saturated rings. The van der Waals surface area contributed by atoms with Gasteiger partial charge in [0.15, 0.2) is 24.2 Å². The number of hydrogen-bond donors (Lipinski definition) is 1. The summed E-state index contributed by atoms with van der Waals surface area (Å²) >= 11 is 5.99. The topological polar surface area (TPSA) is 73.9 Å². The number of anilines is 1. The van der Waals surface area contributed by atoms with Crippen LogP contribution in [0.2, 0.25) is 5.02 Å². The van der Waals surface area contributed by atoms with E-state index in [9.17, 15) is 9.59 Å². The molecule has 0 aliphatic heterocycles. The number of carbonyl (C=O) groups is 2. The van der Waals surface area contributed by atoms with Gasteiger partial charge in [0.1, 0.15) is 0 Å². The molecule has 0 aliphatic rings. The fourth-order valence-electron chi connectivity index (χ4n) is 2.12. The molecule has 0 spiro atoms. The number of halogens is 1. The van der Waals surface area contributed by atoms with E-state index in [2.05, 4.69) is 5.32 Å². The van der Waals surface area contributed by atoms with Crippen LogP contribution < -0.4 is 14.8 Å². The van der Waals surface area contributed by atoms with Gasteiger partial charge >= 0.3 is 5.97 Å². The van der Waals surface area contributed by atoms with Gasteiger partial charge in [-0.15, -0.1) is 0 Å². The summed E-state index contributed by atoms with van der Waals surface area (Å²) in [5.74, 6) is -0.155. The van der Waals surface area contributed by atoms with Gasteiger partial charge in [0.25, 0.3) is 5.91 Å². The molecule has 0 saturated heterocycles. The first-order chi connectivity index (χ1) is 13.0. The second kappa shape index (κ2) is 10.4. The predicted molar refractivity (Wildman–Crippen MR) is 103 cm³/mol. The number of benzene rings is 2. The molecule has 0 aromatic heterocycles. The molecule has 2 rings (SSSR count). The van der Waals surface area contributed by atoms with Crippen LogP contribution in [0.4, 0.5) is 5.69 Å². The molecule has 0 aliphatic carbocycles. The first-order valence-electron chi connectivity index (χ1n) is 8.60. The van der Waals surface area contributed by atoms with Crippen LogP contribution in [0.5, 0.6) is 11.5 Å². The number of carbonyl (C=O) groups excluding carboxylic acids is 2. The van der Waals surface area contributed by atoms with E-state index in [1.165, 1.54) is 6.92 Å². The Labute approximate surface area is 163 Å². The van der Waals surface area contributed by atoms with E-state index in [0.717, 1.165) is 6.42 Å². The third-order valence-electron chi connectivity index (χ3n) is 3.47. The van der Waals surface area contributed by atoms with Crippen LogP contribution in [0.15, 0.2) is 48.5 Å². The first-order valence-corrected chi connectivity index (χ1v) is 8.98. The van der Waals surface area contributed by atoms with E-state index >= 15 is 0 Å². The molecule has 0 unspecified atom stereocenters. The minimum Gasteiger partial charge on any atom is -0.490 e. The summed E-state index contributed by atoms with van der Waals surface area (Å²) < 4.78 is 16.1. The van der Waals surface area contributed by atoms with Crippen molar-refractivity contribution < 1.29 is 23.8 Å². The second-order valence-electron chi connectivity index (χ2n) is 5.69. The number of amides is 1. The number of esters is 1. The van der Waals surface area contributed by atoms with Gasteiger partial charge in [-0.3, -0.25) is 4.79 Å². The van der Waals surface area contributed by atoms with Crippen molar-refractivity contribution in [1.29, 1.82) is 0 Å². The molecule has 6 nitrogen and oxygen atoms in total. The van der Waals surface area contributed by atoms with Gasteiger partial charge in [0.2, 0.25) is 0 Å². The van der Waals surface area contributed by atoms with Crippen molar-refractivity contribution in [2.75, 3.05) is 18.5 Å². The lowest BCUT2D eigenvalue weighted by molar-refractivity contribution is -0.155. The Morgan fingerprint density at radius 3 is 2.33 bits per heavy atom. The van der Waals surface area contributed by atoms with Crippen molar-refractivity contribution in [3.8, 4) is 11.5 Å². The third-order valence-corrected chi connectivity index (χ3v) is 3.80. The third kappa shape index (κ3) is 6.49. The molecular weight excluding hydrogens is 370 g/mol. The van der Waals surface area contributed by atoms with Crippen molar-refractivity contribution in [2.45, 2.75) is 26.4 Å². The summed E-state index contributed by atoms with van der Waals surface area (Å²) in [6.45, 7) is 3.68. The van der Waals surface area contributed by atoms with Crippen molar-refractivity contribution in [1.82, 2.24) is 0 Å². The van der Waals surface area contributed by atoms with Crippen LogP contribution >= 0.6 is 11.6 Å². The van der Waals surface area contributed by atoms with Gasteiger partial charge in [0.05, 0.1) is 17.3 Å². The standard InChI is InChI=1S/C20H22ClNO5/c1-3-12-25-17-10-6-7-11-18(17)26-13-19(23)27-14(2)20(24)22-16-9-5-4-8-15(16)21/h4-11,14H,3,12-13H2,1-2H3,(H,22,24)/t14-/m1/s1. The summed E-state index contributed by atoms with van der Waals surface area (Å²) in [6.07, 6.45) is -0.141. The Balaban J connectivity index is 1.85. The van der Waals surface area contributed by atoms with Gasteiger partial charge in [0, 0.05) is 0 Å². The maximum Gasteiger partial charge on any atom is 0.344 e. The van der Waals surface area contributed by atoms with Crippen molar-refractivity contribution in [3.05, 3.63) is 53.6 Å². The van der Waals surface area contributed by atoms with Crippen LogP contribution in [-0.4, -0.2) is 31.2 Å². The lowest BCUT2D eigenvalue weighted by atomic mass is 10.3. The molecular formula is C20H22ClNO5. The van der Waals surface area contributed by atoms with Crippen molar-refractivity contribution in [3.63, 3.8) is 0 Å². The smallest absolute Gasteiger partial charge is 0.344 e. The lowest BCUT2D eigenvalue weighted by Gasteiger charge is -2.15. The van der Waals surface area contributed by atoms with Crippen LogP contribution in [0.25, 0.3) is 0 Å². The minimum atomic E-state index is -0.996. The molecule has 2 aromatic carbocycles. The highest BCUT2D eigenvalue weighted by molar-refractivity contribution is 6.33. The molecule has 1 amide bonds. The van der Waals surface area contributed by atoms with Crippen LogP contribution in [0.3, 0.4) is 0 Å². The molecule has 2 aromatic rings. The molecule has 1 N–H and O–H groups in total. The number of hydrogen-bond acceptors (Lipinski definition) is 5. The summed E-state index contributed by atoms with van der Waals surface area (Å²) in [5.41, 5.74) is 0.449. The summed E-state index contributed by atoms with van der Waals surface area (Å²) in [4.78, 5) is 24.1. The molecule has 0 bridgehead atoms. The van der Waals surface area contributed by atoms with E-state index < -0.39 is 18.0 Å².